The van der Waals surface area contributed by atoms with Crippen LogP contribution in [-0.2, 0) is 4.79 Å². The van der Waals surface area contributed by atoms with E-state index in [4.69, 9.17) is 10.5 Å². The molecule has 0 saturated carbocycles. The maximum absolute atomic E-state index is 12.0. The third kappa shape index (κ3) is 2.93. The molecule has 7 heteroatoms. The topological polar surface area (TPSA) is 87.9 Å². The fourth-order valence-electron chi connectivity index (χ4n) is 2.02. The molecule has 0 unspecified atom stereocenters. The molecule has 1 aliphatic rings. The average molecular weight is 278 g/mol. The van der Waals surface area contributed by atoms with Crippen molar-refractivity contribution in [1.82, 2.24) is 9.80 Å². The van der Waals surface area contributed by atoms with E-state index in [9.17, 15) is 9.59 Å². The van der Waals surface area contributed by atoms with Gasteiger partial charge in [0, 0.05) is 31.9 Å². The van der Waals surface area contributed by atoms with E-state index in [1.54, 1.807) is 30.1 Å². The molecule has 1 aromatic rings. The van der Waals surface area contributed by atoms with Gasteiger partial charge in [-0.25, -0.2) is 4.79 Å². The van der Waals surface area contributed by atoms with Crippen molar-refractivity contribution in [1.29, 1.82) is 0 Å². The molecule has 0 bridgehead atoms. The second-order valence-corrected chi connectivity index (χ2v) is 4.63. The van der Waals surface area contributed by atoms with Crippen molar-refractivity contribution in [2.24, 2.45) is 0 Å². The number of hydrogen-bond acceptors (Lipinski definition) is 4. The number of carbonyl (C=O) groups is 2. The highest BCUT2D eigenvalue weighted by atomic mass is 16.5. The number of nitrogen functional groups attached to an aromatic ring is 1. The summed E-state index contributed by atoms with van der Waals surface area (Å²) in [4.78, 5) is 26.7. The third-order valence-electron chi connectivity index (χ3n) is 3.14. The first kappa shape index (κ1) is 14.0. The van der Waals surface area contributed by atoms with Crippen LogP contribution in [0.3, 0.4) is 0 Å². The molecule has 0 aliphatic carbocycles. The molecule has 2 rings (SSSR count). The first-order chi connectivity index (χ1) is 9.51. The normalized spacial score (nSPS) is 14.6. The number of nitrogens with two attached hydrogens (primary N) is 1. The molecule has 3 amide bonds. The quantitative estimate of drug-likeness (QED) is 0.789. The van der Waals surface area contributed by atoms with Crippen molar-refractivity contribution in [3.05, 3.63) is 18.2 Å². The highest BCUT2D eigenvalue weighted by Crippen LogP contribution is 2.26. The summed E-state index contributed by atoms with van der Waals surface area (Å²) in [5, 5.41) is 2.72. The zero-order valence-corrected chi connectivity index (χ0v) is 11.5. The predicted molar refractivity (Wildman–Crippen MR) is 75.6 cm³/mol. The van der Waals surface area contributed by atoms with Gasteiger partial charge in [0.2, 0.25) is 5.91 Å². The number of anilines is 2. The van der Waals surface area contributed by atoms with E-state index in [0.29, 0.717) is 30.2 Å². The van der Waals surface area contributed by atoms with Crippen molar-refractivity contribution in [3.63, 3.8) is 0 Å². The molecular formula is C13H18N4O3. The van der Waals surface area contributed by atoms with E-state index in [-0.39, 0.29) is 18.5 Å². The molecule has 0 aromatic heterocycles. The Bertz CT molecular complexity index is 532. The molecule has 1 aliphatic heterocycles. The lowest BCUT2D eigenvalue weighted by Crippen LogP contribution is -2.36. The van der Waals surface area contributed by atoms with Crippen molar-refractivity contribution in [2.45, 2.75) is 0 Å². The van der Waals surface area contributed by atoms with Gasteiger partial charge < -0.3 is 25.6 Å². The van der Waals surface area contributed by atoms with Crippen molar-refractivity contribution in [2.75, 3.05) is 44.8 Å². The number of rotatable bonds is 4. The van der Waals surface area contributed by atoms with Crippen LogP contribution in [0.15, 0.2) is 18.2 Å². The number of carbonyl (C=O) groups excluding carboxylic acids is 2. The highest BCUT2D eigenvalue weighted by molar-refractivity contribution is 5.96. The first-order valence-electron chi connectivity index (χ1n) is 6.24. The standard InChI is InChI=1S/C13H18N4O3/c1-16-5-6-17(13(16)19)8-12(18)15-10-4-3-9(14)7-11(10)20-2/h3-4,7H,5-6,8,14H2,1-2H3,(H,15,18). The Labute approximate surface area is 117 Å². The Morgan fingerprint density at radius 1 is 1.45 bits per heavy atom. The van der Waals surface area contributed by atoms with E-state index >= 15 is 0 Å². The molecule has 0 spiro atoms. The van der Waals surface area contributed by atoms with Gasteiger partial charge in [0.15, 0.2) is 0 Å². The largest absolute Gasteiger partial charge is 0.494 e. The van der Waals surface area contributed by atoms with Crippen LogP contribution in [0, 0.1) is 0 Å². The SMILES string of the molecule is COc1cc(N)ccc1NC(=O)CN1CCN(C)C1=O. The molecule has 3 N–H and O–H groups in total. The van der Waals surface area contributed by atoms with E-state index in [0.717, 1.165) is 0 Å². The first-order valence-corrected chi connectivity index (χ1v) is 6.24. The maximum atomic E-state index is 12.0. The van der Waals surface area contributed by atoms with Crippen LogP contribution in [0.2, 0.25) is 0 Å². The number of likely N-dealkylation sites (N-methyl/N-ethyl adjacent to an activating group) is 1. The third-order valence-corrected chi connectivity index (χ3v) is 3.14. The fourth-order valence-corrected chi connectivity index (χ4v) is 2.02. The Morgan fingerprint density at radius 3 is 2.80 bits per heavy atom. The molecular weight excluding hydrogens is 260 g/mol. The minimum absolute atomic E-state index is 0.0245. The number of hydrogen-bond donors (Lipinski definition) is 2. The van der Waals surface area contributed by atoms with Crippen LogP contribution in [0.4, 0.5) is 16.2 Å². The number of methoxy groups -OCH3 is 1. The number of urea groups is 1. The highest BCUT2D eigenvalue weighted by Gasteiger charge is 2.27. The van der Waals surface area contributed by atoms with Gasteiger partial charge in [0.05, 0.1) is 12.8 Å². The van der Waals surface area contributed by atoms with Crippen LogP contribution >= 0.6 is 0 Å². The number of benzene rings is 1. The lowest BCUT2D eigenvalue weighted by molar-refractivity contribution is -0.116. The zero-order chi connectivity index (χ0) is 14.7. The number of nitrogens with one attached hydrogen (secondary N) is 1. The smallest absolute Gasteiger partial charge is 0.320 e. The second-order valence-electron chi connectivity index (χ2n) is 4.63. The minimum Gasteiger partial charge on any atom is -0.494 e. The summed E-state index contributed by atoms with van der Waals surface area (Å²) in [6, 6.07) is 4.84. The summed E-state index contributed by atoms with van der Waals surface area (Å²) < 4.78 is 5.15. The van der Waals surface area contributed by atoms with E-state index < -0.39 is 0 Å². The molecule has 7 nitrogen and oxygen atoms in total. The summed E-state index contributed by atoms with van der Waals surface area (Å²) in [6.45, 7) is 1.22. The van der Waals surface area contributed by atoms with Crippen molar-refractivity contribution in [3.8, 4) is 5.75 Å². The van der Waals surface area contributed by atoms with Gasteiger partial charge in [-0.3, -0.25) is 4.79 Å². The molecule has 20 heavy (non-hydrogen) atoms. The zero-order valence-electron chi connectivity index (χ0n) is 11.5. The molecule has 1 saturated heterocycles. The summed E-state index contributed by atoms with van der Waals surface area (Å²) >= 11 is 0. The van der Waals surface area contributed by atoms with Crippen LogP contribution in [-0.4, -0.2) is 55.5 Å². The summed E-state index contributed by atoms with van der Waals surface area (Å²) in [7, 11) is 3.21. The van der Waals surface area contributed by atoms with Gasteiger partial charge in [-0.2, -0.15) is 0 Å². The molecule has 0 atom stereocenters. The summed E-state index contributed by atoms with van der Waals surface area (Å²) in [5.41, 5.74) is 6.73. The van der Waals surface area contributed by atoms with Gasteiger partial charge in [-0.15, -0.1) is 0 Å². The number of nitrogens with zero attached hydrogens (tertiary/aromatic N) is 2. The lowest BCUT2D eigenvalue weighted by Gasteiger charge is -2.16. The van der Waals surface area contributed by atoms with Crippen LogP contribution in [0.5, 0.6) is 5.75 Å². The molecule has 0 radical (unpaired) electrons. The summed E-state index contributed by atoms with van der Waals surface area (Å²) in [5.74, 6) is 0.222. The van der Waals surface area contributed by atoms with E-state index in [1.165, 1.54) is 12.0 Å². The van der Waals surface area contributed by atoms with Crippen LogP contribution in [0.1, 0.15) is 0 Å². The van der Waals surface area contributed by atoms with Crippen LogP contribution in [0.25, 0.3) is 0 Å². The average Bonchev–Trinajstić information content (AvgIpc) is 2.72. The van der Waals surface area contributed by atoms with Crippen LogP contribution < -0.4 is 15.8 Å². The molecule has 1 heterocycles. The molecule has 1 aromatic carbocycles. The van der Waals surface area contributed by atoms with Gasteiger partial charge in [0.25, 0.3) is 0 Å². The monoisotopic (exact) mass is 278 g/mol. The second kappa shape index (κ2) is 5.68. The predicted octanol–water partition coefficient (Wildman–Crippen LogP) is 0.583. The van der Waals surface area contributed by atoms with Gasteiger partial charge in [0.1, 0.15) is 12.3 Å². The maximum Gasteiger partial charge on any atom is 0.320 e. The summed E-state index contributed by atoms with van der Waals surface area (Å²) in [6.07, 6.45) is 0. The van der Waals surface area contributed by atoms with Gasteiger partial charge in [-0.05, 0) is 12.1 Å². The number of amides is 3. The molecule has 108 valence electrons. The Hall–Kier alpha value is -2.44. The Balaban J connectivity index is 2.00. The van der Waals surface area contributed by atoms with E-state index in [1.807, 2.05) is 0 Å². The van der Waals surface area contributed by atoms with Crippen molar-refractivity contribution < 1.29 is 14.3 Å². The number of ether oxygens (including phenoxy) is 1. The fraction of sp³-hybridized carbons (Fsp3) is 0.385. The van der Waals surface area contributed by atoms with E-state index in [2.05, 4.69) is 5.32 Å². The Morgan fingerprint density at radius 2 is 2.20 bits per heavy atom. The lowest BCUT2D eigenvalue weighted by atomic mass is 10.2. The Kier molecular flexibility index (Phi) is 3.97. The van der Waals surface area contributed by atoms with Gasteiger partial charge in [-0.1, -0.05) is 0 Å². The molecule has 1 fully saturated rings. The van der Waals surface area contributed by atoms with Gasteiger partial charge >= 0.3 is 6.03 Å². The van der Waals surface area contributed by atoms with Crippen molar-refractivity contribution >= 4 is 23.3 Å². The minimum atomic E-state index is -0.267.